The maximum Gasteiger partial charge on any atom is 0.226 e. The largest absolute Gasteiger partial charge is 0.351 e. The lowest BCUT2D eigenvalue weighted by Crippen LogP contribution is -2.40. The van der Waals surface area contributed by atoms with Crippen molar-refractivity contribution in [2.75, 3.05) is 20.1 Å². The number of hydrogen-bond acceptors (Lipinski definition) is 5. The van der Waals surface area contributed by atoms with Gasteiger partial charge in [0, 0.05) is 42.3 Å². The first-order valence-corrected chi connectivity index (χ1v) is 10.9. The third-order valence-electron chi connectivity index (χ3n) is 6.05. The number of aromatic nitrogens is 4. The monoisotopic (exact) mass is 426 g/mol. The summed E-state index contributed by atoms with van der Waals surface area (Å²) in [6.07, 6.45) is 5.62. The van der Waals surface area contributed by atoms with Gasteiger partial charge in [-0.3, -0.25) is 14.8 Å². The molecule has 2 unspecified atom stereocenters. The van der Waals surface area contributed by atoms with Gasteiger partial charge >= 0.3 is 0 Å². The van der Waals surface area contributed by atoms with Crippen LogP contribution in [0, 0.1) is 6.92 Å². The zero-order valence-electron chi connectivity index (χ0n) is 18.3. The number of carbonyl (C=O) groups excluding carboxylic acids is 1. The topological polar surface area (TPSA) is 75.9 Å². The maximum absolute atomic E-state index is 12.9. The van der Waals surface area contributed by atoms with Crippen molar-refractivity contribution < 1.29 is 4.79 Å². The second-order valence-electron chi connectivity index (χ2n) is 8.54. The molecule has 1 saturated heterocycles. The van der Waals surface area contributed by atoms with Gasteiger partial charge in [-0.05, 0) is 37.7 Å². The molecule has 32 heavy (non-hydrogen) atoms. The Balaban J connectivity index is 1.31. The predicted octanol–water partition coefficient (Wildman–Crippen LogP) is 2.88. The normalized spacial score (nSPS) is 18.8. The third kappa shape index (κ3) is 4.11. The fourth-order valence-corrected chi connectivity index (χ4v) is 4.54. The predicted molar refractivity (Wildman–Crippen MR) is 124 cm³/mol. The van der Waals surface area contributed by atoms with Crippen LogP contribution >= 0.6 is 0 Å². The van der Waals surface area contributed by atoms with E-state index in [0.29, 0.717) is 5.92 Å². The molecule has 0 aliphatic carbocycles. The number of likely N-dealkylation sites (tertiary alicyclic amines) is 1. The van der Waals surface area contributed by atoms with Crippen LogP contribution in [-0.2, 0) is 11.2 Å². The molecule has 1 fully saturated rings. The molecule has 1 N–H and O–H groups in total. The van der Waals surface area contributed by atoms with Crippen LogP contribution in [-0.4, -0.2) is 56.7 Å². The molecule has 0 saturated carbocycles. The van der Waals surface area contributed by atoms with E-state index in [1.165, 1.54) is 5.56 Å². The number of carbonyl (C=O) groups is 1. The summed E-state index contributed by atoms with van der Waals surface area (Å²) in [4.78, 5) is 23.9. The van der Waals surface area contributed by atoms with Crippen LogP contribution in [0.3, 0.4) is 0 Å². The van der Waals surface area contributed by atoms with Crippen molar-refractivity contribution >= 4 is 16.8 Å². The molecular weight excluding hydrogens is 400 g/mol. The fourth-order valence-electron chi connectivity index (χ4n) is 4.54. The lowest BCUT2D eigenvalue weighted by Gasteiger charge is -2.20. The van der Waals surface area contributed by atoms with Gasteiger partial charge in [0.15, 0.2) is 0 Å². The zero-order valence-corrected chi connectivity index (χ0v) is 18.3. The summed E-state index contributed by atoms with van der Waals surface area (Å²) in [5.74, 6) is 0.290. The molecular formula is C25H26N6O. The van der Waals surface area contributed by atoms with E-state index in [1.54, 1.807) is 12.4 Å². The number of amides is 1. The SMILES string of the molecule is Cc1cc(-n2ncc3cc(CC(=O)NC4CN(C)CC4c4ccccc4)ncc32)ccn1. The minimum Gasteiger partial charge on any atom is -0.351 e. The molecule has 3 aromatic heterocycles. The quantitative estimate of drug-likeness (QED) is 0.531. The van der Waals surface area contributed by atoms with Gasteiger partial charge in [0.05, 0.1) is 35.7 Å². The zero-order chi connectivity index (χ0) is 22.1. The van der Waals surface area contributed by atoms with Crippen LogP contribution in [0.2, 0.25) is 0 Å². The van der Waals surface area contributed by atoms with Gasteiger partial charge in [-0.1, -0.05) is 30.3 Å². The maximum atomic E-state index is 12.9. The molecule has 0 radical (unpaired) electrons. The summed E-state index contributed by atoms with van der Waals surface area (Å²) in [5, 5.41) is 8.71. The van der Waals surface area contributed by atoms with Gasteiger partial charge in [0.25, 0.3) is 0 Å². The number of nitrogens with one attached hydrogen (secondary N) is 1. The van der Waals surface area contributed by atoms with E-state index in [1.807, 2.05) is 42.1 Å². The number of hydrogen-bond donors (Lipinski definition) is 1. The van der Waals surface area contributed by atoms with Gasteiger partial charge in [-0.2, -0.15) is 5.10 Å². The Morgan fingerprint density at radius 1 is 1.09 bits per heavy atom. The Bertz CT molecular complexity index is 1250. The van der Waals surface area contributed by atoms with Gasteiger partial charge in [0.1, 0.15) is 0 Å². The van der Waals surface area contributed by atoms with Crippen LogP contribution in [0.15, 0.2) is 67.1 Å². The Labute approximate surface area is 187 Å². The van der Waals surface area contributed by atoms with Crippen LogP contribution in [0.25, 0.3) is 16.6 Å². The first kappa shape index (κ1) is 20.3. The van der Waals surface area contributed by atoms with Crippen LogP contribution < -0.4 is 5.32 Å². The molecule has 0 bridgehead atoms. The Morgan fingerprint density at radius 3 is 2.75 bits per heavy atom. The second-order valence-corrected chi connectivity index (χ2v) is 8.54. The van der Waals surface area contributed by atoms with Crippen molar-refractivity contribution in [1.29, 1.82) is 0 Å². The van der Waals surface area contributed by atoms with Crippen molar-refractivity contribution in [2.45, 2.75) is 25.3 Å². The number of fused-ring (bicyclic) bond motifs is 1. The number of benzene rings is 1. The summed E-state index contributed by atoms with van der Waals surface area (Å²) in [6, 6.07) is 16.4. The molecule has 4 aromatic rings. The second kappa shape index (κ2) is 8.51. The molecule has 7 nitrogen and oxygen atoms in total. The average molecular weight is 427 g/mol. The lowest BCUT2D eigenvalue weighted by atomic mass is 9.94. The van der Waals surface area contributed by atoms with E-state index >= 15 is 0 Å². The van der Waals surface area contributed by atoms with Crippen molar-refractivity contribution in [3.8, 4) is 5.69 Å². The summed E-state index contributed by atoms with van der Waals surface area (Å²) < 4.78 is 1.85. The Kier molecular flexibility index (Phi) is 5.41. The first-order valence-electron chi connectivity index (χ1n) is 10.9. The first-order chi connectivity index (χ1) is 15.6. The highest BCUT2D eigenvalue weighted by Gasteiger charge is 2.32. The Hall–Kier alpha value is -3.58. The average Bonchev–Trinajstić information content (AvgIpc) is 3.37. The van der Waals surface area contributed by atoms with Gasteiger partial charge in [-0.15, -0.1) is 0 Å². The van der Waals surface area contributed by atoms with Gasteiger partial charge < -0.3 is 10.2 Å². The highest BCUT2D eigenvalue weighted by atomic mass is 16.1. The number of likely N-dealkylation sites (N-methyl/N-ethyl adjacent to an activating group) is 1. The molecule has 1 aromatic carbocycles. The van der Waals surface area contributed by atoms with E-state index in [2.05, 4.69) is 56.6 Å². The van der Waals surface area contributed by atoms with Crippen LogP contribution in [0.4, 0.5) is 0 Å². The van der Waals surface area contributed by atoms with Crippen LogP contribution in [0.1, 0.15) is 22.9 Å². The van der Waals surface area contributed by atoms with Crippen molar-refractivity contribution in [2.24, 2.45) is 0 Å². The third-order valence-corrected chi connectivity index (χ3v) is 6.05. The highest BCUT2D eigenvalue weighted by molar-refractivity contribution is 5.83. The summed E-state index contributed by atoms with van der Waals surface area (Å²) in [6.45, 7) is 3.73. The number of pyridine rings is 2. The summed E-state index contributed by atoms with van der Waals surface area (Å²) in [7, 11) is 2.10. The number of aryl methyl sites for hydroxylation is 1. The molecule has 162 valence electrons. The van der Waals surface area contributed by atoms with E-state index in [9.17, 15) is 4.79 Å². The highest BCUT2D eigenvalue weighted by Crippen LogP contribution is 2.27. The van der Waals surface area contributed by atoms with Crippen molar-refractivity contribution in [1.82, 2.24) is 30.0 Å². The molecule has 1 amide bonds. The van der Waals surface area contributed by atoms with E-state index in [0.717, 1.165) is 41.1 Å². The summed E-state index contributed by atoms with van der Waals surface area (Å²) in [5.41, 5.74) is 4.78. The molecule has 4 heterocycles. The Morgan fingerprint density at radius 2 is 1.94 bits per heavy atom. The number of rotatable bonds is 5. The smallest absolute Gasteiger partial charge is 0.226 e. The van der Waals surface area contributed by atoms with Crippen molar-refractivity contribution in [3.63, 3.8) is 0 Å². The summed E-state index contributed by atoms with van der Waals surface area (Å²) >= 11 is 0. The fraction of sp³-hybridized carbons (Fsp3) is 0.280. The minimum absolute atomic E-state index is 0.00442. The molecule has 1 aliphatic rings. The molecule has 0 spiro atoms. The number of nitrogens with zero attached hydrogens (tertiary/aromatic N) is 5. The van der Waals surface area contributed by atoms with E-state index in [4.69, 9.17) is 0 Å². The molecule has 1 aliphatic heterocycles. The van der Waals surface area contributed by atoms with E-state index < -0.39 is 0 Å². The minimum atomic E-state index is -0.00442. The van der Waals surface area contributed by atoms with Gasteiger partial charge in [0.2, 0.25) is 5.91 Å². The standard InChI is InChI=1S/C25H26N6O/c1-17-10-21(8-9-26-17)31-24-14-27-20(11-19(24)13-28-31)12-25(32)29-23-16-30(2)15-22(23)18-6-4-3-5-7-18/h3-11,13-14,22-23H,12,15-16H2,1-2H3,(H,29,32). The lowest BCUT2D eigenvalue weighted by molar-refractivity contribution is -0.121. The van der Waals surface area contributed by atoms with Crippen LogP contribution in [0.5, 0.6) is 0 Å². The molecule has 7 heteroatoms. The van der Waals surface area contributed by atoms with Crippen molar-refractivity contribution in [3.05, 3.63) is 84.1 Å². The van der Waals surface area contributed by atoms with E-state index in [-0.39, 0.29) is 18.4 Å². The molecule has 5 rings (SSSR count). The molecule has 2 atom stereocenters. The van der Waals surface area contributed by atoms with Gasteiger partial charge in [-0.25, -0.2) is 4.68 Å².